The van der Waals surface area contributed by atoms with Crippen molar-refractivity contribution < 1.29 is 97.8 Å². The number of halogens is 2. The van der Waals surface area contributed by atoms with E-state index in [0.717, 1.165) is 0 Å². The molecule has 27 heavy (non-hydrogen) atoms. The molecule has 144 valence electrons. The number of carbonyl (C=O) groups is 2. The number of esters is 2. The summed E-state index contributed by atoms with van der Waals surface area (Å²) in [6.07, 6.45) is 0. The van der Waals surface area contributed by atoms with Crippen LogP contribution in [-0.2, 0) is 86.2 Å². The van der Waals surface area contributed by atoms with E-state index in [1.807, 2.05) is 0 Å². The first-order valence-corrected chi connectivity index (χ1v) is 14.8. The second-order valence-electron chi connectivity index (χ2n) is 8.19. The summed E-state index contributed by atoms with van der Waals surface area (Å²) in [6, 6.07) is 0. The molecular weight excluding hydrogens is 767 g/mol. The van der Waals surface area contributed by atoms with Gasteiger partial charge in [0.15, 0.2) is 0 Å². The second kappa shape index (κ2) is 5.23. The molecule has 0 aromatic carbocycles. The van der Waals surface area contributed by atoms with Crippen molar-refractivity contribution in [1.82, 2.24) is 0 Å². The summed E-state index contributed by atoms with van der Waals surface area (Å²) in [4.78, 5) is 24.9. The van der Waals surface area contributed by atoms with Gasteiger partial charge in [-0.3, -0.25) is 0 Å². The van der Waals surface area contributed by atoms with Gasteiger partial charge >= 0.3 is 188 Å². The van der Waals surface area contributed by atoms with Crippen molar-refractivity contribution in [2.75, 3.05) is 0 Å². The molecule has 3 heterocycles. The molecule has 13 heteroatoms. The Morgan fingerprint density at radius 3 is 2.04 bits per heavy atom. The van der Waals surface area contributed by atoms with Gasteiger partial charge < -0.3 is 0 Å². The molecule has 0 aromatic rings. The molecule has 8 nitrogen and oxygen atoms in total. The van der Waals surface area contributed by atoms with Gasteiger partial charge in [0.2, 0.25) is 0 Å². The summed E-state index contributed by atoms with van der Waals surface area (Å²) in [5.74, 6) is -3.05. The number of carbonyl (C=O) groups excluding carboxylic acids is 2. The predicted octanol–water partition coefficient (Wildman–Crippen LogP) is 0.519. The van der Waals surface area contributed by atoms with Crippen molar-refractivity contribution in [1.29, 1.82) is 0 Å². The second-order valence-corrected chi connectivity index (χ2v) is 34.1. The molecule has 5 atom stereocenters. The maximum absolute atomic E-state index is 13.8. The SMILES string of the molecule is CC12OC3(C)C(C)(OC(=O)C3(C)[C]1([Hg])[Hg])C2(C)OC(=O)C(F)(F)S(=O)(=O)[O-]. The molecular formula is C14H15F2Hg2O8S-. The first-order valence-electron chi connectivity index (χ1n) is 7.92. The van der Waals surface area contributed by atoms with E-state index in [1.165, 1.54) is 13.8 Å². The Morgan fingerprint density at radius 2 is 1.59 bits per heavy atom. The molecule has 0 radical (unpaired) electrons. The van der Waals surface area contributed by atoms with Gasteiger partial charge in [0, 0.05) is 0 Å². The van der Waals surface area contributed by atoms with Crippen LogP contribution in [0.2, 0.25) is 0.432 Å². The normalized spacial score (nSPS) is 47.9. The average molecular weight is 783 g/mol. The molecule has 3 rings (SSSR count). The van der Waals surface area contributed by atoms with E-state index in [1.54, 1.807) is 20.8 Å². The zero-order valence-corrected chi connectivity index (χ0v) is 27.2. The standard InChI is InChI=1S/C14H16F2O8S.2Hg/c1-9-6-10(2)12(4,23-8(18)14(15,16)25(19,20)21)13(5,22-7(9)17)11(9,3)24-10;;/h1-5H3,(H,19,20,21);;/p-1. The zero-order chi connectivity index (χ0) is 21.3. The number of fused-ring (bicyclic) bond motifs is 1. The average Bonchev–Trinajstić information content (AvgIpc) is 2.78. The monoisotopic (exact) mass is 785 g/mol. The first-order chi connectivity index (χ1) is 11.7. The minimum atomic E-state index is -6.29. The van der Waals surface area contributed by atoms with Crippen LogP contribution in [0.5, 0.6) is 0 Å². The van der Waals surface area contributed by atoms with Crippen LogP contribution in [0.4, 0.5) is 8.78 Å². The summed E-state index contributed by atoms with van der Waals surface area (Å²) in [5, 5.41) is -5.27. The van der Waals surface area contributed by atoms with Crippen LogP contribution >= 0.6 is 0 Å². The third-order valence-corrected chi connectivity index (χ3v) is 19.1. The van der Waals surface area contributed by atoms with E-state index in [9.17, 15) is 31.3 Å². The molecule has 3 aliphatic rings. The number of hydrogen-bond acceptors (Lipinski definition) is 8. The first kappa shape index (κ1) is 22.2. The van der Waals surface area contributed by atoms with Crippen molar-refractivity contribution >= 4 is 22.1 Å². The molecule has 3 saturated heterocycles. The molecule has 0 saturated carbocycles. The Bertz CT molecular complexity index is 894. The summed E-state index contributed by atoms with van der Waals surface area (Å²) < 4.78 is 76.4. The van der Waals surface area contributed by atoms with Gasteiger partial charge in [0.05, 0.1) is 0 Å². The van der Waals surface area contributed by atoms with Gasteiger partial charge in [0.1, 0.15) is 0 Å². The van der Waals surface area contributed by atoms with Crippen LogP contribution in [0.15, 0.2) is 0 Å². The molecule has 3 fully saturated rings. The summed E-state index contributed by atoms with van der Waals surface area (Å²) in [5.41, 5.74) is -7.17. The predicted molar refractivity (Wildman–Crippen MR) is 72.3 cm³/mol. The van der Waals surface area contributed by atoms with Gasteiger partial charge in [-0.25, -0.2) is 0 Å². The summed E-state index contributed by atoms with van der Waals surface area (Å²) >= 11 is -0.224. The fourth-order valence-corrected chi connectivity index (χ4v) is 12.2. The van der Waals surface area contributed by atoms with Crippen LogP contribution in [-0.4, -0.2) is 52.6 Å². The van der Waals surface area contributed by atoms with E-state index in [2.05, 4.69) is 0 Å². The quantitative estimate of drug-likeness (QED) is 0.231. The fourth-order valence-electron chi connectivity index (χ4n) is 4.99. The third-order valence-electron chi connectivity index (χ3n) is 7.52. The Kier molecular flexibility index (Phi) is 4.31. The van der Waals surface area contributed by atoms with Crippen LogP contribution in [0.1, 0.15) is 34.6 Å². The Hall–Kier alpha value is 0.540. The third kappa shape index (κ3) is 1.91. The van der Waals surface area contributed by atoms with E-state index >= 15 is 0 Å². The molecule has 0 aliphatic carbocycles. The van der Waals surface area contributed by atoms with Gasteiger partial charge in [-0.2, -0.15) is 0 Å². The maximum atomic E-state index is 13.8. The molecule has 0 amide bonds. The molecule has 0 spiro atoms. The summed E-state index contributed by atoms with van der Waals surface area (Å²) in [7, 11) is -6.29. The van der Waals surface area contributed by atoms with Crippen molar-refractivity contribution in [2.45, 2.75) is 62.7 Å². The van der Waals surface area contributed by atoms with E-state index in [0.29, 0.717) is 0 Å². The zero-order valence-electron chi connectivity index (χ0n) is 15.3. The fraction of sp³-hybridized carbons (Fsp3) is 0.857. The van der Waals surface area contributed by atoms with E-state index in [4.69, 9.17) is 14.2 Å². The van der Waals surface area contributed by atoms with E-state index in [-0.39, 0.29) is 52.2 Å². The number of ether oxygens (including phenoxy) is 3. The van der Waals surface area contributed by atoms with Crippen molar-refractivity contribution in [3.63, 3.8) is 0 Å². The van der Waals surface area contributed by atoms with Crippen LogP contribution < -0.4 is 0 Å². The topological polar surface area (TPSA) is 119 Å². The van der Waals surface area contributed by atoms with Gasteiger partial charge in [-0.15, -0.1) is 0 Å². The number of hydrogen-bond donors (Lipinski definition) is 0. The van der Waals surface area contributed by atoms with Gasteiger partial charge in [-0.05, 0) is 0 Å². The van der Waals surface area contributed by atoms with Crippen LogP contribution in [0.3, 0.4) is 0 Å². The van der Waals surface area contributed by atoms with Crippen molar-refractivity contribution in [2.24, 2.45) is 5.41 Å². The van der Waals surface area contributed by atoms with Crippen molar-refractivity contribution in [3.05, 3.63) is 0 Å². The summed E-state index contributed by atoms with van der Waals surface area (Å²) in [6.45, 7) is 7.66. The Balaban J connectivity index is 2.21. The molecule has 0 aromatic heterocycles. The Labute approximate surface area is 186 Å². The number of alkyl halides is 2. The van der Waals surface area contributed by atoms with Crippen LogP contribution in [0, 0.1) is 5.41 Å². The number of rotatable bonds is 3. The van der Waals surface area contributed by atoms with E-state index < -0.39 is 55.6 Å². The molecule has 5 unspecified atom stereocenters. The van der Waals surface area contributed by atoms with Crippen molar-refractivity contribution in [3.8, 4) is 0 Å². The molecule has 0 N–H and O–H groups in total. The van der Waals surface area contributed by atoms with Gasteiger partial charge in [0.25, 0.3) is 0 Å². The van der Waals surface area contributed by atoms with Gasteiger partial charge in [-0.1, -0.05) is 0 Å². The molecule has 2 bridgehead atoms. The van der Waals surface area contributed by atoms with Crippen LogP contribution in [0.25, 0.3) is 0 Å². The molecule has 3 aliphatic heterocycles. The Morgan fingerprint density at radius 1 is 1.11 bits per heavy atom. The minimum absolute atomic E-state index is 0.112.